The number of aromatic nitrogens is 1. The summed E-state index contributed by atoms with van der Waals surface area (Å²) >= 11 is 1.26. The highest BCUT2D eigenvalue weighted by Crippen LogP contribution is 2.52. The van der Waals surface area contributed by atoms with Crippen LogP contribution in [0.4, 0.5) is 5.69 Å². The quantitative estimate of drug-likeness (QED) is 0.204. The highest BCUT2D eigenvalue weighted by atomic mass is 32.2. The zero-order valence-corrected chi connectivity index (χ0v) is 28.4. The van der Waals surface area contributed by atoms with E-state index in [1.54, 1.807) is 44.2 Å². The summed E-state index contributed by atoms with van der Waals surface area (Å²) in [6, 6.07) is 11.8. The molecule has 2 fully saturated rings. The van der Waals surface area contributed by atoms with Crippen molar-refractivity contribution in [2.75, 3.05) is 4.90 Å². The van der Waals surface area contributed by atoms with Crippen LogP contribution in [-0.2, 0) is 30.5 Å². The molecular weight excluding hydrogens is 652 g/mol. The lowest BCUT2D eigenvalue weighted by molar-refractivity contribution is -0.169. The van der Waals surface area contributed by atoms with Gasteiger partial charge in [0.05, 0.1) is 17.8 Å². The monoisotopic (exact) mass is 690 g/mol. The number of benzene rings is 2. The molecule has 5 rings (SSSR count). The van der Waals surface area contributed by atoms with E-state index in [9.17, 15) is 39.0 Å². The molecule has 2 aromatic carbocycles. The van der Waals surface area contributed by atoms with Gasteiger partial charge in [0.25, 0.3) is 11.5 Å². The zero-order chi connectivity index (χ0) is 36.2. The topological polar surface area (TPSA) is 220 Å². The molecule has 258 valence electrons. The minimum atomic E-state index is -1.29. The Hall–Kier alpha value is -4.99. The van der Waals surface area contributed by atoms with Crippen molar-refractivity contribution in [2.45, 2.75) is 74.9 Å². The summed E-state index contributed by atoms with van der Waals surface area (Å²) in [4.78, 5) is 84.4. The summed E-state index contributed by atoms with van der Waals surface area (Å²) < 4.78 is -0.849. The molecule has 1 aromatic heterocycles. The molecule has 0 spiro atoms. The van der Waals surface area contributed by atoms with Crippen molar-refractivity contribution in [1.29, 1.82) is 0 Å². The fraction of sp³-hybridized carbons (Fsp3) is 0.353. The SMILES string of the molecule is CC(=O)N(C(=O)C(C)(C)N)c1ccc(-c2ccc(CN(C(=O)C(N)c3ccc(O)cc3)[C@@H]3C(=O)N4[C@@H]3SC(C)(C)[C@@H]4C(=O)O)c(=O)[nH]2)cc1. The third-order valence-corrected chi connectivity index (χ3v) is 10.2. The van der Waals surface area contributed by atoms with Crippen LogP contribution in [0.2, 0.25) is 0 Å². The van der Waals surface area contributed by atoms with Crippen LogP contribution in [0.3, 0.4) is 0 Å². The number of carboxylic acids is 1. The normalized spacial score (nSPS) is 20.2. The Labute approximate surface area is 286 Å². The number of carbonyl (C=O) groups is 5. The summed E-state index contributed by atoms with van der Waals surface area (Å²) in [5, 5.41) is 18.9. The maximum Gasteiger partial charge on any atom is 0.327 e. The number of pyridine rings is 1. The smallest absolute Gasteiger partial charge is 0.327 e. The maximum absolute atomic E-state index is 14.0. The number of carboxylic acid groups (broad SMARTS) is 1. The number of hydrogen-bond acceptors (Lipinski definition) is 10. The first kappa shape index (κ1) is 35.3. The number of fused-ring (bicyclic) bond motifs is 1. The van der Waals surface area contributed by atoms with Crippen molar-refractivity contribution in [3.05, 3.63) is 82.1 Å². The van der Waals surface area contributed by atoms with Crippen LogP contribution in [0.25, 0.3) is 11.3 Å². The molecule has 0 bridgehead atoms. The van der Waals surface area contributed by atoms with Crippen LogP contribution in [-0.4, -0.2) is 82.3 Å². The predicted molar refractivity (Wildman–Crippen MR) is 182 cm³/mol. The van der Waals surface area contributed by atoms with Gasteiger partial charge in [-0.25, -0.2) is 9.69 Å². The maximum atomic E-state index is 14.0. The Kier molecular flexibility index (Phi) is 9.23. The number of rotatable bonds is 9. The molecule has 0 radical (unpaired) electrons. The summed E-state index contributed by atoms with van der Waals surface area (Å²) in [5.41, 5.74) is 12.2. The molecule has 4 amide bonds. The van der Waals surface area contributed by atoms with E-state index in [0.29, 0.717) is 22.5 Å². The van der Waals surface area contributed by atoms with E-state index in [0.717, 1.165) is 4.90 Å². The van der Waals surface area contributed by atoms with E-state index in [2.05, 4.69) is 4.98 Å². The number of aromatic amines is 1. The minimum Gasteiger partial charge on any atom is -0.508 e. The lowest BCUT2D eigenvalue weighted by Crippen LogP contribution is -2.71. The second-order valence-electron chi connectivity index (χ2n) is 13.2. The third-order valence-electron chi connectivity index (χ3n) is 8.62. The van der Waals surface area contributed by atoms with Crippen molar-refractivity contribution < 1.29 is 34.2 Å². The number of phenolic OH excluding ortho intramolecular Hbond substituents is 1. The Morgan fingerprint density at radius 2 is 1.63 bits per heavy atom. The number of phenols is 1. The molecule has 15 heteroatoms. The molecule has 49 heavy (non-hydrogen) atoms. The van der Waals surface area contributed by atoms with E-state index in [1.165, 1.54) is 72.7 Å². The van der Waals surface area contributed by atoms with Gasteiger partial charge >= 0.3 is 5.97 Å². The number of carbonyl (C=O) groups excluding carboxylic acids is 4. The molecule has 3 aromatic rings. The largest absolute Gasteiger partial charge is 0.508 e. The van der Waals surface area contributed by atoms with Gasteiger partial charge in [0.2, 0.25) is 17.7 Å². The van der Waals surface area contributed by atoms with Crippen molar-refractivity contribution in [3.8, 4) is 17.0 Å². The van der Waals surface area contributed by atoms with Gasteiger partial charge in [0.15, 0.2) is 0 Å². The standard InChI is InChI=1S/C34H38N6O8S/c1-17(41)39(32(48)33(2,3)36)21-11-6-18(7-12-21)23-15-10-20(27(43)37-23)16-38(28(44)24(35)19-8-13-22(42)14-9-19)25-29(45)40-26(31(46)47)34(4,5)49-30(25)40/h6-15,24-26,30,42H,16,35-36H2,1-5H3,(H,37,43)(H,46,47)/t24?,25-,26+,30-/m1/s1. The Bertz CT molecular complexity index is 1890. The fourth-order valence-corrected chi connectivity index (χ4v) is 7.79. The molecule has 7 N–H and O–H groups in total. The molecular formula is C34H38N6O8S. The summed E-state index contributed by atoms with van der Waals surface area (Å²) in [6.07, 6.45) is 0. The van der Waals surface area contributed by atoms with Crippen LogP contribution in [0.1, 0.15) is 51.8 Å². The van der Waals surface area contributed by atoms with Crippen molar-refractivity contribution in [3.63, 3.8) is 0 Å². The molecule has 2 aliphatic heterocycles. The number of nitrogens with one attached hydrogen (secondary N) is 1. The molecule has 0 aliphatic carbocycles. The Morgan fingerprint density at radius 3 is 2.16 bits per heavy atom. The number of anilines is 1. The van der Waals surface area contributed by atoms with E-state index in [4.69, 9.17) is 11.5 Å². The van der Waals surface area contributed by atoms with Crippen LogP contribution in [0.15, 0.2) is 65.5 Å². The van der Waals surface area contributed by atoms with Gasteiger partial charge in [-0.1, -0.05) is 24.3 Å². The number of H-pyrrole nitrogens is 1. The van der Waals surface area contributed by atoms with Gasteiger partial charge < -0.3 is 36.5 Å². The van der Waals surface area contributed by atoms with Crippen LogP contribution < -0.4 is 21.9 Å². The minimum absolute atomic E-state index is 0.0280. The molecule has 1 unspecified atom stereocenters. The average Bonchev–Trinajstić information content (AvgIpc) is 3.28. The fourth-order valence-electron chi connectivity index (χ4n) is 6.10. The van der Waals surface area contributed by atoms with Crippen molar-refractivity contribution in [2.24, 2.45) is 11.5 Å². The van der Waals surface area contributed by atoms with Crippen molar-refractivity contribution >= 4 is 47.0 Å². The number of imide groups is 1. The molecule has 2 saturated heterocycles. The third kappa shape index (κ3) is 6.56. The first-order chi connectivity index (χ1) is 22.8. The zero-order valence-electron chi connectivity index (χ0n) is 27.5. The van der Waals surface area contributed by atoms with E-state index in [-0.39, 0.29) is 17.9 Å². The Morgan fingerprint density at radius 1 is 1.02 bits per heavy atom. The van der Waals surface area contributed by atoms with Crippen LogP contribution in [0.5, 0.6) is 5.75 Å². The van der Waals surface area contributed by atoms with E-state index < -0.39 is 68.9 Å². The predicted octanol–water partition coefficient (Wildman–Crippen LogP) is 1.91. The number of amides is 4. The number of thioether (sulfide) groups is 1. The summed E-state index contributed by atoms with van der Waals surface area (Å²) in [6.45, 7) is 7.39. The number of aromatic hydroxyl groups is 1. The number of aliphatic carboxylic acids is 1. The molecule has 2 aliphatic rings. The second kappa shape index (κ2) is 12.8. The highest BCUT2D eigenvalue weighted by Gasteiger charge is 2.66. The molecule has 4 atom stereocenters. The molecule has 14 nitrogen and oxygen atoms in total. The number of nitrogens with zero attached hydrogens (tertiary/aromatic N) is 3. The highest BCUT2D eigenvalue weighted by molar-refractivity contribution is 8.01. The first-order valence-electron chi connectivity index (χ1n) is 15.4. The van der Waals surface area contributed by atoms with Gasteiger partial charge in [-0.15, -0.1) is 11.8 Å². The van der Waals surface area contributed by atoms with E-state index in [1.807, 2.05) is 0 Å². The molecule has 3 heterocycles. The second-order valence-corrected chi connectivity index (χ2v) is 15.0. The molecule has 0 saturated carbocycles. The lowest BCUT2D eigenvalue weighted by atomic mass is 9.94. The van der Waals surface area contributed by atoms with Gasteiger partial charge in [-0.05, 0) is 75.2 Å². The van der Waals surface area contributed by atoms with Gasteiger partial charge in [-0.2, -0.15) is 0 Å². The first-order valence-corrected chi connectivity index (χ1v) is 16.3. The van der Waals surface area contributed by atoms with Gasteiger partial charge in [-0.3, -0.25) is 24.0 Å². The number of β-lactam (4-membered cyclic amide) rings is 1. The van der Waals surface area contributed by atoms with Gasteiger partial charge in [0, 0.05) is 22.9 Å². The summed E-state index contributed by atoms with van der Waals surface area (Å²) in [5.74, 6) is -3.50. The number of nitrogens with two attached hydrogens (primary N) is 2. The van der Waals surface area contributed by atoms with Crippen LogP contribution in [0, 0.1) is 0 Å². The average molecular weight is 691 g/mol. The number of hydrogen-bond donors (Lipinski definition) is 5. The summed E-state index contributed by atoms with van der Waals surface area (Å²) in [7, 11) is 0. The Balaban J connectivity index is 1.45. The van der Waals surface area contributed by atoms with E-state index >= 15 is 0 Å². The van der Waals surface area contributed by atoms with Gasteiger partial charge in [0.1, 0.15) is 29.2 Å². The lowest BCUT2D eigenvalue weighted by Gasteiger charge is -2.48. The van der Waals surface area contributed by atoms with Crippen LogP contribution >= 0.6 is 11.8 Å². The van der Waals surface area contributed by atoms with Crippen molar-refractivity contribution in [1.82, 2.24) is 14.8 Å².